The van der Waals surface area contributed by atoms with Crippen molar-refractivity contribution in [2.24, 2.45) is 4.99 Å². The molecule has 2 aromatic rings. The van der Waals surface area contributed by atoms with Crippen LogP contribution in [0.5, 0.6) is 0 Å². The molecule has 0 bridgehead atoms. The molecule has 0 unspecified atom stereocenters. The van der Waals surface area contributed by atoms with Gasteiger partial charge in [-0.3, -0.25) is 14.7 Å². The number of ether oxygens (including phenoxy) is 1. The Kier molecular flexibility index (Phi) is 5.92. The van der Waals surface area contributed by atoms with E-state index in [0.29, 0.717) is 11.6 Å². The first kappa shape index (κ1) is 20.2. The lowest BCUT2D eigenvalue weighted by molar-refractivity contribution is -0.117. The lowest BCUT2D eigenvalue weighted by atomic mass is 9.91. The standard InChI is InChI=1S/C23H26ClN3O2S/c24-17-7-5-16(6-8-17)22-21-18-3-1-2-4-19(18)30-23(21)27(20(28)15-25-22)10-9-26-11-13-29-14-12-26/h5-8H,1-4,9-15H2. The van der Waals surface area contributed by atoms with E-state index < -0.39 is 0 Å². The molecule has 7 heteroatoms. The van der Waals surface area contributed by atoms with E-state index in [1.54, 1.807) is 11.3 Å². The number of benzene rings is 1. The Hall–Kier alpha value is -1.73. The summed E-state index contributed by atoms with van der Waals surface area (Å²) in [5.41, 5.74) is 4.57. The Morgan fingerprint density at radius 1 is 1.07 bits per heavy atom. The molecule has 0 radical (unpaired) electrons. The van der Waals surface area contributed by atoms with Crippen molar-refractivity contribution in [3.63, 3.8) is 0 Å². The minimum absolute atomic E-state index is 0.0899. The van der Waals surface area contributed by atoms with Crippen LogP contribution in [-0.4, -0.2) is 62.5 Å². The van der Waals surface area contributed by atoms with E-state index in [0.717, 1.165) is 62.0 Å². The van der Waals surface area contributed by atoms with Gasteiger partial charge < -0.3 is 9.64 Å². The summed E-state index contributed by atoms with van der Waals surface area (Å²) in [5.74, 6) is 0.0899. The highest BCUT2D eigenvalue weighted by Gasteiger charge is 2.32. The second kappa shape index (κ2) is 8.79. The van der Waals surface area contributed by atoms with E-state index >= 15 is 0 Å². The number of hydrogen-bond donors (Lipinski definition) is 0. The molecular weight excluding hydrogens is 418 g/mol. The van der Waals surface area contributed by atoms with Crippen molar-refractivity contribution < 1.29 is 9.53 Å². The molecule has 5 rings (SSSR count). The van der Waals surface area contributed by atoms with Crippen LogP contribution in [0, 0.1) is 0 Å². The maximum atomic E-state index is 13.2. The van der Waals surface area contributed by atoms with Gasteiger partial charge in [0, 0.05) is 47.2 Å². The molecule has 1 aromatic carbocycles. The minimum atomic E-state index is 0.0899. The third-order valence-electron chi connectivity index (χ3n) is 6.17. The normalized spacial score (nSPS) is 19.8. The second-order valence-corrected chi connectivity index (χ2v) is 9.58. The Morgan fingerprint density at radius 2 is 1.83 bits per heavy atom. The van der Waals surface area contributed by atoms with E-state index in [1.165, 1.54) is 28.8 Å². The zero-order chi connectivity index (χ0) is 20.5. The summed E-state index contributed by atoms with van der Waals surface area (Å²) in [4.78, 5) is 23.8. The first-order valence-corrected chi connectivity index (χ1v) is 12.0. The number of thiophene rings is 1. The fourth-order valence-electron chi connectivity index (χ4n) is 4.55. The van der Waals surface area contributed by atoms with Crippen molar-refractivity contribution in [2.45, 2.75) is 25.7 Å². The van der Waals surface area contributed by atoms with E-state index in [2.05, 4.69) is 4.90 Å². The Bertz CT molecular complexity index is 964. The second-order valence-electron chi connectivity index (χ2n) is 8.06. The molecule has 3 heterocycles. The van der Waals surface area contributed by atoms with Crippen LogP contribution in [0.15, 0.2) is 29.3 Å². The monoisotopic (exact) mass is 443 g/mol. The van der Waals surface area contributed by atoms with Crippen LogP contribution in [0.1, 0.15) is 34.4 Å². The van der Waals surface area contributed by atoms with Gasteiger partial charge in [-0.1, -0.05) is 23.7 Å². The lowest BCUT2D eigenvalue weighted by Crippen LogP contribution is -2.43. The van der Waals surface area contributed by atoms with E-state index in [4.69, 9.17) is 21.3 Å². The number of rotatable bonds is 4. The van der Waals surface area contributed by atoms with Gasteiger partial charge in [0.25, 0.3) is 0 Å². The molecule has 1 aliphatic carbocycles. The van der Waals surface area contributed by atoms with Crippen molar-refractivity contribution in [3.8, 4) is 0 Å². The van der Waals surface area contributed by atoms with Gasteiger partial charge in [0.05, 0.1) is 18.9 Å². The summed E-state index contributed by atoms with van der Waals surface area (Å²) in [6, 6.07) is 7.85. The third kappa shape index (κ3) is 3.94. The fourth-order valence-corrected chi connectivity index (χ4v) is 6.10. The average Bonchev–Trinajstić information content (AvgIpc) is 3.09. The molecule has 1 saturated heterocycles. The van der Waals surface area contributed by atoms with Gasteiger partial charge >= 0.3 is 0 Å². The van der Waals surface area contributed by atoms with E-state index in [1.807, 2.05) is 29.2 Å². The van der Waals surface area contributed by atoms with Gasteiger partial charge in [0.15, 0.2) is 0 Å². The van der Waals surface area contributed by atoms with Crippen molar-refractivity contribution >= 4 is 39.6 Å². The van der Waals surface area contributed by atoms with Crippen molar-refractivity contribution in [1.29, 1.82) is 0 Å². The molecule has 0 N–H and O–H groups in total. The molecule has 1 fully saturated rings. The van der Waals surface area contributed by atoms with E-state index in [-0.39, 0.29) is 12.5 Å². The van der Waals surface area contributed by atoms with Gasteiger partial charge in [0.2, 0.25) is 5.91 Å². The molecule has 30 heavy (non-hydrogen) atoms. The number of carbonyl (C=O) groups excluding carboxylic acids is 1. The van der Waals surface area contributed by atoms with E-state index in [9.17, 15) is 4.79 Å². The molecular formula is C23H26ClN3O2S. The summed E-state index contributed by atoms with van der Waals surface area (Å²) >= 11 is 7.93. The SMILES string of the molecule is O=C1CN=C(c2ccc(Cl)cc2)c2c(sc3c2CCCC3)N1CCN1CCOCC1. The van der Waals surface area contributed by atoms with Crippen LogP contribution in [-0.2, 0) is 22.4 Å². The Balaban J connectivity index is 1.53. The average molecular weight is 444 g/mol. The number of nitrogens with zero attached hydrogens (tertiary/aromatic N) is 3. The van der Waals surface area contributed by atoms with Crippen LogP contribution < -0.4 is 4.90 Å². The number of hydrogen-bond acceptors (Lipinski definition) is 5. The third-order valence-corrected chi connectivity index (χ3v) is 7.74. The Labute approximate surface area is 186 Å². The summed E-state index contributed by atoms with van der Waals surface area (Å²) in [6.45, 7) is 5.18. The maximum Gasteiger partial charge on any atom is 0.249 e. The van der Waals surface area contributed by atoms with Crippen LogP contribution in [0.3, 0.4) is 0 Å². The highest BCUT2D eigenvalue weighted by molar-refractivity contribution is 7.17. The number of aliphatic imine (C=N–C) groups is 1. The first-order valence-electron chi connectivity index (χ1n) is 10.8. The van der Waals surface area contributed by atoms with Crippen LogP contribution in [0.2, 0.25) is 5.02 Å². The number of halogens is 1. The van der Waals surface area contributed by atoms with Crippen LogP contribution in [0.4, 0.5) is 5.00 Å². The molecule has 2 aliphatic heterocycles. The van der Waals surface area contributed by atoms with Gasteiger partial charge in [-0.25, -0.2) is 0 Å². The van der Waals surface area contributed by atoms with Gasteiger partial charge in [-0.15, -0.1) is 11.3 Å². The topological polar surface area (TPSA) is 45.1 Å². The molecule has 0 saturated carbocycles. The fraction of sp³-hybridized carbons (Fsp3) is 0.478. The summed E-state index contributed by atoms with van der Waals surface area (Å²) in [6.07, 6.45) is 4.60. The largest absolute Gasteiger partial charge is 0.379 e. The molecule has 0 spiro atoms. The number of aryl methyl sites for hydroxylation is 1. The predicted molar refractivity (Wildman–Crippen MR) is 123 cm³/mol. The lowest BCUT2D eigenvalue weighted by Gasteiger charge is -2.29. The minimum Gasteiger partial charge on any atom is -0.379 e. The highest BCUT2D eigenvalue weighted by Crippen LogP contribution is 2.42. The number of carbonyl (C=O) groups is 1. The number of amides is 1. The Morgan fingerprint density at radius 3 is 2.63 bits per heavy atom. The maximum absolute atomic E-state index is 13.2. The van der Waals surface area contributed by atoms with Crippen molar-refractivity contribution in [3.05, 3.63) is 50.9 Å². The van der Waals surface area contributed by atoms with Crippen molar-refractivity contribution in [1.82, 2.24) is 4.90 Å². The predicted octanol–water partition coefficient (Wildman–Crippen LogP) is 3.80. The molecule has 158 valence electrons. The zero-order valence-electron chi connectivity index (χ0n) is 17.0. The number of anilines is 1. The molecule has 1 aromatic heterocycles. The van der Waals surface area contributed by atoms with Crippen molar-refractivity contribution in [2.75, 3.05) is 50.8 Å². The highest BCUT2D eigenvalue weighted by atomic mass is 35.5. The smallest absolute Gasteiger partial charge is 0.249 e. The zero-order valence-corrected chi connectivity index (χ0v) is 18.6. The van der Waals surface area contributed by atoms with Gasteiger partial charge in [-0.05, 0) is 43.4 Å². The van der Waals surface area contributed by atoms with Crippen LogP contribution >= 0.6 is 22.9 Å². The number of morpholine rings is 1. The van der Waals surface area contributed by atoms with Gasteiger partial charge in [0.1, 0.15) is 11.5 Å². The van der Waals surface area contributed by atoms with Crippen LogP contribution in [0.25, 0.3) is 0 Å². The summed E-state index contributed by atoms with van der Waals surface area (Å²) in [7, 11) is 0. The number of fused-ring (bicyclic) bond motifs is 3. The molecule has 5 nitrogen and oxygen atoms in total. The molecule has 1 amide bonds. The first-order chi connectivity index (χ1) is 14.7. The molecule has 0 atom stereocenters. The quantitative estimate of drug-likeness (QED) is 0.722. The summed E-state index contributed by atoms with van der Waals surface area (Å²) in [5, 5.41) is 1.80. The molecule has 3 aliphatic rings. The van der Waals surface area contributed by atoms with Gasteiger partial charge in [-0.2, -0.15) is 0 Å². The summed E-state index contributed by atoms with van der Waals surface area (Å²) < 4.78 is 5.47.